The lowest BCUT2D eigenvalue weighted by molar-refractivity contribution is -0.150. The zero-order valence-corrected chi connectivity index (χ0v) is 21.2. The average molecular weight is 572 g/mol. The number of halogens is 5. The molecule has 4 heterocycles. The van der Waals surface area contributed by atoms with Gasteiger partial charge in [-0.25, -0.2) is 23.1 Å². The molecule has 1 saturated heterocycles. The van der Waals surface area contributed by atoms with E-state index in [-0.39, 0.29) is 55.1 Å². The minimum Gasteiger partial charge on any atom is -0.382 e. The van der Waals surface area contributed by atoms with Crippen molar-refractivity contribution >= 4 is 17.6 Å². The van der Waals surface area contributed by atoms with Crippen LogP contribution in [0.25, 0.3) is 5.65 Å². The third kappa shape index (κ3) is 5.31. The summed E-state index contributed by atoms with van der Waals surface area (Å²) >= 11 is 0. The van der Waals surface area contributed by atoms with E-state index in [1.807, 2.05) is 5.32 Å². The monoisotopic (exact) mass is 571 g/mol. The van der Waals surface area contributed by atoms with Gasteiger partial charge < -0.3 is 25.2 Å². The number of aromatic nitrogens is 4. The summed E-state index contributed by atoms with van der Waals surface area (Å²) in [5, 5.41) is 10.2. The van der Waals surface area contributed by atoms with Crippen LogP contribution >= 0.6 is 0 Å². The molecule has 0 unspecified atom stereocenters. The Kier molecular flexibility index (Phi) is 7.14. The van der Waals surface area contributed by atoms with Crippen molar-refractivity contribution in [1.29, 1.82) is 0 Å². The van der Waals surface area contributed by atoms with Gasteiger partial charge in [0.25, 0.3) is 5.91 Å². The van der Waals surface area contributed by atoms with E-state index in [4.69, 9.17) is 15.0 Å². The van der Waals surface area contributed by atoms with Gasteiger partial charge in [0.05, 0.1) is 43.2 Å². The second kappa shape index (κ2) is 10.3. The molecule has 216 valence electrons. The van der Waals surface area contributed by atoms with Crippen LogP contribution in [0.1, 0.15) is 65.0 Å². The lowest BCUT2D eigenvalue weighted by Gasteiger charge is -2.32. The molecule has 3 atom stereocenters. The minimum atomic E-state index is -4.62. The molecule has 3 amide bonds. The maximum atomic E-state index is 13.9. The molecule has 3 aromatic heterocycles. The second-order valence-electron chi connectivity index (χ2n) is 10.1. The maximum Gasteiger partial charge on any atom is 0.410 e. The van der Waals surface area contributed by atoms with Crippen LogP contribution in [-0.2, 0) is 4.74 Å². The molecule has 16 heteroatoms. The zero-order chi connectivity index (χ0) is 28.8. The molecule has 0 bridgehead atoms. The van der Waals surface area contributed by atoms with Crippen LogP contribution in [-0.4, -0.2) is 75.0 Å². The van der Waals surface area contributed by atoms with Gasteiger partial charge in [0.2, 0.25) is 5.92 Å². The fraction of sp³-hybridized carbons (Fsp3) is 0.542. The number of methoxy groups -OCH3 is 1. The summed E-state index contributed by atoms with van der Waals surface area (Å²) in [6.07, 6.45) is -0.997. The Morgan fingerprint density at radius 2 is 2.05 bits per heavy atom. The van der Waals surface area contributed by atoms with Gasteiger partial charge >= 0.3 is 12.2 Å². The van der Waals surface area contributed by atoms with Gasteiger partial charge in [-0.05, 0) is 24.8 Å². The van der Waals surface area contributed by atoms with E-state index in [2.05, 4.69) is 15.2 Å². The number of primary amides is 1. The predicted octanol–water partition coefficient (Wildman–Crippen LogP) is 3.42. The standard InChI is InChI=1S/C24H26F5N7O4/c1-39-11-16(35-9-17(24(27,28)29)33-22(35)38)13-6-18-32-15(8-36(18)31-7-13)19(12-2-4-23(25,26)5-3-12)20-14(21(30)37)10-40-34-20/h6-8,10,12,16-17,19H,2-5,9,11H2,1H3,(H2,30,37)(H,33,38)/t16-,17+,19+/m1/s1. The zero-order valence-electron chi connectivity index (χ0n) is 21.2. The van der Waals surface area contributed by atoms with E-state index in [9.17, 15) is 31.5 Å². The highest BCUT2D eigenvalue weighted by atomic mass is 19.4. The third-order valence-electron chi connectivity index (χ3n) is 7.49. The largest absolute Gasteiger partial charge is 0.410 e. The highest BCUT2D eigenvalue weighted by molar-refractivity contribution is 5.93. The molecule has 2 fully saturated rings. The lowest BCUT2D eigenvalue weighted by Crippen LogP contribution is -2.40. The van der Waals surface area contributed by atoms with Crippen LogP contribution in [0.2, 0.25) is 0 Å². The molecule has 11 nitrogen and oxygen atoms in total. The fourth-order valence-corrected chi connectivity index (χ4v) is 5.43. The predicted molar refractivity (Wildman–Crippen MR) is 126 cm³/mol. The number of imidazole rings is 1. The van der Waals surface area contributed by atoms with Crippen molar-refractivity contribution in [2.45, 2.75) is 55.8 Å². The van der Waals surface area contributed by atoms with E-state index in [0.29, 0.717) is 11.3 Å². The van der Waals surface area contributed by atoms with E-state index >= 15 is 0 Å². The Morgan fingerprint density at radius 3 is 2.67 bits per heavy atom. The molecule has 3 aromatic rings. The van der Waals surface area contributed by atoms with E-state index in [0.717, 1.165) is 11.2 Å². The second-order valence-corrected chi connectivity index (χ2v) is 10.1. The molecular weight excluding hydrogens is 545 g/mol. The van der Waals surface area contributed by atoms with E-state index < -0.39 is 48.6 Å². The highest BCUT2D eigenvalue weighted by Gasteiger charge is 2.48. The smallest absolute Gasteiger partial charge is 0.382 e. The normalized spacial score (nSPS) is 21.5. The number of alkyl halides is 5. The molecule has 2 aliphatic rings. The number of hydrogen-bond donors (Lipinski definition) is 2. The first kappa shape index (κ1) is 27.7. The number of rotatable bonds is 8. The van der Waals surface area contributed by atoms with Crippen LogP contribution in [0.3, 0.4) is 0 Å². The molecule has 40 heavy (non-hydrogen) atoms. The van der Waals surface area contributed by atoms with E-state index in [1.54, 1.807) is 12.3 Å². The molecule has 3 N–H and O–H groups in total. The number of amides is 3. The van der Waals surface area contributed by atoms with Crippen molar-refractivity contribution in [3.8, 4) is 0 Å². The summed E-state index contributed by atoms with van der Waals surface area (Å²) in [6.45, 7) is -0.721. The first-order valence-electron chi connectivity index (χ1n) is 12.5. The van der Waals surface area contributed by atoms with Gasteiger partial charge in [-0.15, -0.1) is 0 Å². The van der Waals surface area contributed by atoms with Crippen molar-refractivity contribution in [2.24, 2.45) is 11.7 Å². The van der Waals surface area contributed by atoms with Gasteiger partial charge in [-0.2, -0.15) is 18.3 Å². The third-order valence-corrected chi connectivity index (χ3v) is 7.49. The van der Waals surface area contributed by atoms with Gasteiger partial charge in [0.15, 0.2) is 5.65 Å². The van der Waals surface area contributed by atoms with Crippen LogP contribution in [0.5, 0.6) is 0 Å². The quantitative estimate of drug-likeness (QED) is 0.395. The topological polar surface area (TPSA) is 141 Å². The SMILES string of the molecule is COC[C@H](c1cnn2cc([C@@H](c3nocc3C(N)=O)C3CCC(F)(F)CC3)nc2c1)N1C[C@@H](C(F)(F)F)NC1=O. The van der Waals surface area contributed by atoms with Gasteiger partial charge in [0.1, 0.15) is 23.6 Å². The first-order chi connectivity index (χ1) is 18.9. The van der Waals surface area contributed by atoms with Crippen molar-refractivity contribution < 1.29 is 40.8 Å². The lowest BCUT2D eigenvalue weighted by atomic mass is 9.75. The number of hydrogen-bond acceptors (Lipinski definition) is 7. The van der Waals surface area contributed by atoms with Gasteiger partial charge in [0, 0.05) is 25.5 Å². The summed E-state index contributed by atoms with van der Waals surface area (Å²) in [4.78, 5) is 30.1. The summed E-state index contributed by atoms with van der Waals surface area (Å²) in [5.74, 6) is -4.67. The Morgan fingerprint density at radius 1 is 1.32 bits per heavy atom. The molecule has 0 radical (unpaired) electrons. The average Bonchev–Trinajstić information content (AvgIpc) is 3.61. The van der Waals surface area contributed by atoms with Crippen LogP contribution in [0, 0.1) is 5.92 Å². The van der Waals surface area contributed by atoms with Crippen LogP contribution < -0.4 is 11.1 Å². The fourth-order valence-electron chi connectivity index (χ4n) is 5.43. The Bertz CT molecular complexity index is 1400. The van der Waals surface area contributed by atoms with Crippen LogP contribution in [0.15, 0.2) is 29.2 Å². The molecule has 0 aromatic carbocycles. The summed E-state index contributed by atoms with van der Waals surface area (Å²) < 4.78 is 79.3. The summed E-state index contributed by atoms with van der Waals surface area (Å²) in [7, 11) is 1.36. The molecule has 5 rings (SSSR count). The highest BCUT2D eigenvalue weighted by Crippen LogP contribution is 2.45. The molecule has 0 spiro atoms. The number of nitrogens with two attached hydrogens (primary N) is 1. The number of nitrogens with zero attached hydrogens (tertiary/aromatic N) is 5. The summed E-state index contributed by atoms with van der Waals surface area (Å²) in [6, 6.07) is -2.27. The molecule has 1 aliphatic carbocycles. The van der Waals surface area contributed by atoms with Crippen molar-refractivity contribution in [3.05, 3.63) is 47.2 Å². The minimum absolute atomic E-state index is 0.00691. The maximum absolute atomic E-state index is 13.9. The van der Waals surface area contributed by atoms with Gasteiger partial charge in [-0.1, -0.05) is 5.16 Å². The number of nitrogens with one attached hydrogen (secondary N) is 1. The number of carbonyl (C=O) groups is 2. The van der Waals surface area contributed by atoms with Crippen molar-refractivity contribution in [3.63, 3.8) is 0 Å². The number of carbonyl (C=O) groups excluding carboxylic acids is 2. The van der Waals surface area contributed by atoms with Gasteiger partial charge in [-0.3, -0.25) is 4.79 Å². The Labute approximate surface area is 223 Å². The van der Waals surface area contributed by atoms with Crippen LogP contribution in [0.4, 0.5) is 26.7 Å². The number of fused-ring (bicyclic) bond motifs is 1. The molecule has 1 aliphatic heterocycles. The summed E-state index contributed by atoms with van der Waals surface area (Å²) in [5.41, 5.74) is 6.70. The molecular formula is C24H26F5N7O4. The van der Waals surface area contributed by atoms with E-state index in [1.165, 1.54) is 17.8 Å². The number of urea groups is 1. The van der Waals surface area contributed by atoms with Crippen molar-refractivity contribution in [1.82, 2.24) is 30.0 Å². The Hall–Kier alpha value is -3.82. The first-order valence-corrected chi connectivity index (χ1v) is 12.5. The number of ether oxygens (including phenoxy) is 1. The molecule has 1 saturated carbocycles. The Balaban J connectivity index is 1.51. The van der Waals surface area contributed by atoms with Crippen molar-refractivity contribution in [2.75, 3.05) is 20.3 Å².